The lowest BCUT2D eigenvalue weighted by Crippen LogP contribution is -2.36. The van der Waals surface area contributed by atoms with E-state index in [0.29, 0.717) is 28.3 Å². The van der Waals surface area contributed by atoms with Crippen molar-refractivity contribution in [2.24, 2.45) is 0 Å². The zero-order chi connectivity index (χ0) is 19.6. The summed E-state index contributed by atoms with van der Waals surface area (Å²) in [4.78, 5) is 37.1. The van der Waals surface area contributed by atoms with Gasteiger partial charge in [0.25, 0.3) is 11.1 Å². The van der Waals surface area contributed by atoms with Gasteiger partial charge in [0.05, 0.1) is 10.6 Å². The Kier molecular flexibility index (Phi) is 5.31. The van der Waals surface area contributed by atoms with Gasteiger partial charge in [-0.2, -0.15) is 0 Å². The minimum absolute atomic E-state index is 0.0337. The number of halogens is 3. The Morgan fingerprint density at radius 2 is 1.81 bits per heavy atom. The number of nitrogens with one attached hydrogen (secondary N) is 1. The van der Waals surface area contributed by atoms with E-state index in [0.717, 1.165) is 12.1 Å². The third-order valence-corrected chi connectivity index (χ3v) is 4.43. The van der Waals surface area contributed by atoms with Crippen LogP contribution in [0.2, 0.25) is 0 Å². The summed E-state index contributed by atoms with van der Waals surface area (Å²) in [5, 5.41) is 1.49. The number of imide groups is 1. The molecule has 0 radical (unpaired) electrons. The SMILES string of the molecule is O=C(CN1C(=O)S/C(=C/c2cccc(F)c2)C1=O)Nc1ccc(F)cc1F. The molecular formula is C18H11F3N2O3S. The standard InChI is InChI=1S/C18H11F3N2O3S/c19-11-3-1-2-10(6-11)7-15-17(25)23(18(26)27-15)9-16(24)22-14-5-4-12(20)8-13(14)21/h1-8H,9H2,(H,22,24)/b15-7+. The van der Waals surface area contributed by atoms with E-state index in [1.807, 2.05) is 0 Å². The molecule has 0 spiro atoms. The van der Waals surface area contributed by atoms with E-state index in [2.05, 4.69) is 5.32 Å². The van der Waals surface area contributed by atoms with E-state index in [4.69, 9.17) is 0 Å². The summed E-state index contributed by atoms with van der Waals surface area (Å²) >= 11 is 0.608. The third kappa shape index (κ3) is 4.37. The maximum Gasteiger partial charge on any atom is 0.294 e. The van der Waals surface area contributed by atoms with Crippen LogP contribution in [0.4, 0.5) is 23.7 Å². The van der Waals surface area contributed by atoms with Crippen molar-refractivity contribution in [3.63, 3.8) is 0 Å². The molecule has 0 aromatic heterocycles. The summed E-state index contributed by atoms with van der Waals surface area (Å²) in [5.41, 5.74) is 0.113. The van der Waals surface area contributed by atoms with Crippen molar-refractivity contribution in [2.45, 2.75) is 0 Å². The highest BCUT2D eigenvalue weighted by Gasteiger charge is 2.36. The van der Waals surface area contributed by atoms with Gasteiger partial charge < -0.3 is 5.32 Å². The third-order valence-electron chi connectivity index (χ3n) is 3.53. The topological polar surface area (TPSA) is 66.5 Å². The smallest absolute Gasteiger partial charge is 0.294 e. The van der Waals surface area contributed by atoms with Gasteiger partial charge in [-0.25, -0.2) is 13.2 Å². The highest BCUT2D eigenvalue weighted by molar-refractivity contribution is 8.18. The van der Waals surface area contributed by atoms with E-state index < -0.39 is 41.0 Å². The van der Waals surface area contributed by atoms with E-state index in [-0.39, 0.29) is 10.6 Å². The van der Waals surface area contributed by atoms with Crippen molar-refractivity contribution in [2.75, 3.05) is 11.9 Å². The Morgan fingerprint density at radius 3 is 2.52 bits per heavy atom. The van der Waals surface area contributed by atoms with Crippen LogP contribution in [-0.2, 0) is 9.59 Å². The van der Waals surface area contributed by atoms with Gasteiger partial charge in [-0.3, -0.25) is 19.3 Å². The van der Waals surface area contributed by atoms with Gasteiger partial charge in [-0.15, -0.1) is 0 Å². The molecule has 27 heavy (non-hydrogen) atoms. The lowest BCUT2D eigenvalue weighted by atomic mass is 10.2. The van der Waals surface area contributed by atoms with Crippen LogP contribution in [-0.4, -0.2) is 28.5 Å². The molecule has 1 aliphatic rings. The second-order valence-electron chi connectivity index (χ2n) is 5.50. The number of rotatable bonds is 4. The molecule has 1 aliphatic heterocycles. The first kappa shape index (κ1) is 18.7. The van der Waals surface area contributed by atoms with Gasteiger partial charge in [-0.1, -0.05) is 12.1 Å². The van der Waals surface area contributed by atoms with Crippen LogP contribution in [0.5, 0.6) is 0 Å². The molecule has 0 saturated carbocycles. The van der Waals surface area contributed by atoms with E-state index in [1.54, 1.807) is 6.07 Å². The van der Waals surface area contributed by atoms with Crippen LogP contribution in [0, 0.1) is 17.5 Å². The number of amides is 3. The predicted octanol–water partition coefficient (Wildman–Crippen LogP) is 3.78. The number of carbonyl (C=O) groups is 3. The molecule has 3 rings (SSSR count). The molecule has 0 atom stereocenters. The summed E-state index contributed by atoms with van der Waals surface area (Å²) in [5.74, 6) is -3.83. The van der Waals surface area contributed by atoms with E-state index >= 15 is 0 Å². The summed E-state index contributed by atoms with van der Waals surface area (Å²) in [6.45, 7) is -0.637. The number of benzene rings is 2. The van der Waals surface area contributed by atoms with E-state index in [1.165, 1.54) is 24.3 Å². The Balaban J connectivity index is 1.71. The Labute approximate surface area is 155 Å². The lowest BCUT2D eigenvalue weighted by molar-refractivity contribution is -0.127. The Bertz CT molecular complexity index is 978. The molecule has 0 bridgehead atoms. The van der Waals surface area contributed by atoms with Crippen molar-refractivity contribution >= 4 is 40.6 Å². The summed E-state index contributed by atoms with van der Waals surface area (Å²) in [6, 6.07) is 8.02. The molecule has 1 saturated heterocycles. The number of hydrogen-bond donors (Lipinski definition) is 1. The van der Waals surface area contributed by atoms with Crippen molar-refractivity contribution in [3.05, 3.63) is 70.4 Å². The van der Waals surface area contributed by atoms with E-state index in [9.17, 15) is 27.6 Å². The fraction of sp³-hybridized carbons (Fsp3) is 0.0556. The molecule has 0 unspecified atom stereocenters. The molecule has 0 aliphatic carbocycles. The highest BCUT2D eigenvalue weighted by Crippen LogP contribution is 2.32. The van der Waals surface area contributed by atoms with Gasteiger partial charge in [-0.05, 0) is 47.7 Å². The normalized spacial score (nSPS) is 15.5. The molecule has 3 amide bonds. The predicted molar refractivity (Wildman–Crippen MR) is 94.1 cm³/mol. The molecule has 2 aromatic carbocycles. The van der Waals surface area contributed by atoms with Gasteiger partial charge in [0.2, 0.25) is 5.91 Å². The highest BCUT2D eigenvalue weighted by atomic mass is 32.2. The van der Waals surface area contributed by atoms with Crippen LogP contribution in [0.3, 0.4) is 0 Å². The van der Waals surface area contributed by atoms with Gasteiger partial charge in [0.15, 0.2) is 0 Å². The monoisotopic (exact) mass is 392 g/mol. The average molecular weight is 392 g/mol. The minimum atomic E-state index is -0.983. The largest absolute Gasteiger partial charge is 0.322 e. The maximum atomic E-state index is 13.6. The lowest BCUT2D eigenvalue weighted by Gasteiger charge is -2.12. The number of nitrogens with zero attached hydrogens (tertiary/aromatic N) is 1. The molecular weight excluding hydrogens is 381 g/mol. The van der Waals surface area contributed by atoms with Crippen LogP contribution >= 0.6 is 11.8 Å². The summed E-state index contributed by atoms with van der Waals surface area (Å²) in [6.07, 6.45) is 1.34. The van der Waals surface area contributed by atoms with Crippen LogP contribution in [0.15, 0.2) is 47.4 Å². The quantitative estimate of drug-likeness (QED) is 0.805. The van der Waals surface area contributed by atoms with Crippen molar-refractivity contribution in [1.29, 1.82) is 0 Å². The van der Waals surface area contributed by atoms with Crippen molar-refractivity contribution in [3.8, 4) is 0 Å². The fourth-order valence-corrected chi connectivity index (χ4v) is 3.15. The number of carbonyl (C=O) groups excluding carboxylic acids is 3. The molecule has 1 fully saturated rings. The molecule has 138 valence electrons. The zero-order valence-electron chi connectivity index (χ0n) is 13.5. The summed E-state index contributed by atoms with van der Waals surface area (Å²) < 4.78 is 39.7. The Morgan fingerprint density at radius 1 is 1.07 bits per heavy atom. The number of hydrogen-bond acceptors (Lipinski definition) is 4. The zero-order valence-corrected chi connectivity index (χ0v) is 14.4. The molecule has 9 heteroatoms. The van der Waals surface area contributed by atoms with Gasteiger partial charge >= 0.3 is 0 Å². The fourth-order valence-electron chi connectivity index (χ4n) is 2.31. The first-order valence-electron chi connectivity index (χ1n) is 7.59. The molecule has 2 aromatic rings. The second kappa shape index (κ2) is 7.67. The van der Waals surface area contributed by atoms with Crippen molar-refractivity contribution in [1.82, 2.24) is 4.90 Å². The summed E-state index contributed by atoms with van der Waals surface area (Å²) in [7, 11) is 0. The maximum absolute atomic E-state index is 13.6. The Hall–Kier alpha value is -3.07. The van der Waals surface area contributed by atoms with Crippen LogP contribution < -0.4 is 5.32 Å². The number of thioether (sulfide) groups is 1. The average Bonchev–Trinajstić information content (AvgIpc) is 2.85. The molecule has 1 N–H and O–H groups in total. The minimum Gasteiger partial charge on any atom is -0.322 e. The first-order valence-corrected chi connectivity index (χ1v) is 8.41. The van der Waals surface area contributed by atoms with Gasteiger partial charge in [0.1, 0.15) is 24.0 Å². The first-order chi connectivity index (χ1) is 12.8. The van der Waals surface area contributed by atoms with Crippen molar-refractivity contribution < 1.29 is 27.6 Å². The van der Waals surface area contributed by atoms with Crippen LogP contribution in [0.1, 0.15) is 5.56 Å². The van der Waals surface area contributed by atoms with Gasteiger partial charge in [0, 0.05) is 6.07 Å². The molecule has 5 nitrogen and oxygen atoms in total. The number of anilines is 1. The second-order valence-corrected chi connectivity index (χ2v) is 6.49. The van der Waals surface area contributed by atoms with Crippen LogP contribution in [0.25, 0.3) is 6.08 Å². The molecule has 1 heterocycles.